The minimum Gasteiger partial charge on any atom is -0.448 e. The Morgan fingerprint density at radius 1 is 1.43 bits per heavy atom. The molecule has 21 heavy (non-hydrogen) atoms. The quantitative estimate of drug-likeness (QED) is 0.802. The first-order chi connectivity index (χ1) is 9.89. The molecular weight excluding hydrogens is 296 g/mol. The maximum Gasteiger partial charge on any atom is 0.404 e. The summed E-state index contributed by atoms with van der Waals surface area (Å²) in [5.41, 5.74) is 5.92. The molecule has 0 unspecified atom stereocenters. The second-order valence-electron chi connectivity index (χ2n) is 5.22. The third kappa shape index (κ3) is 2.61. The van der Waals surface area contributed by atoms with Crippen LogP contribution in [-0.4, -0.2) is 50.2 Å². The summed E-state index contributed by atoms with van der Waals surface area (Å²) >= 11 is 0. The van der Waals surface area contributed by atoms with E-state index in [9.17, 15) is 13.2 Å². The zero-order valence-corrected chi connectivity index (χ0v) is 12.2. The highest BCUT2D eigenvalue weighted by Gasteiger charge is 2.58. The van der Waals surface area contributed by atoms with Crippen LogP contribution in [0.25, 0.3) is 0 Å². The van der Waals surface area contributed by atoms with Crippen molar-refractivity contribution in [2.24, 2.45) is 5.73 Å². The number of aryl methyl sites for hydroxylation is 1. The highest BCUT2D eigenvalue weighted by atomic mass is 32.2. The molecule has 0 aliphatic carbocycles. The van der Waals surface area contributed by atoms with Crippen LogP contribution in [0.3, 0.4) is 0 Å². The number of rotatable bonds is 4. The molecule has 3 rings (SSSR count). The van der Waals surface area contributed by atoms with Crippen LogP contribution in [-0.2, 0) is 19.5 Å². The second kappa shape index (κ2) is 4.97. The Morgan fingerprint density at radius 3 is 2.71 bits per heavy atom. The maximum atomic E-state index is 12.7. The topological polar surface area (TPSA) is 102 Å². The van der Waals surface area contributed by atoms with Gasteiger partial charge in [-0.05, 0) is 19.1 Å². The third-order valence-corrected chi connectivity index (χ3v) is 5.66. The van der Waals surface area contributed by atoms with E-state index >= 15 is 0 Å². The summed E-state index contributed by atoms with van der Waals surface area (Å²) in [6, 6.07) is 6.11. The molecule has 1 amide bonds. The van der Waals surface area contributed by atoms with E-state index in [1.54, 1.807) is 24.3 Å². The summed E-state index contributed by atoms with van der Waals surface area (Å²) < 4.78 is 36.8. The minimum atomic E-state index is -3.63. The van der Waals surface area contributed by atoms with Crippen molar-refractivity contribution in [3.05, 3.63) is 29.8 Å². The molecular formula is C13H16N2O5S. The molecule has 0 bridgehead atoms. The number of primary amides is 1. The molecule has 2 saturated heterocycles. The van der Waals surface area contributed by atoms with Crippen LogP contribution in [0.5, 0.6) is 0 Å². The number of benzene rings is 1. The summed E-state index contributed by atoms with van der Waals surface area (Å²) in [4.78, 5) is 11.0. The Labute approximate surface area is 122 Å². The lowest BCUT2D eigenvalue weighted by Gasteiger charge is -2.25. The molecule has 8 heteroatoms. The maximum absolute atomic E-state index is 12.7. The highest BCUT2D eigenvalue weighted by molar-refractivity contribution is 7.89. The zero-order valence-electron chi connectivity index (χ0n) is 11.4. The molecule has 3 atom stereocenters. The molecule has 0 saturated carbocycles. The van der Waals surface area contributed by atoms with Gasteiger partial charge in [-0.15, -0.1) is 0 Å². The number of epoxide rings is 1. The molecule has 2 heterocycles. The van der Waals surface area contributed by atoms with Gasteiger partial charge in [0.1, 0.15) is 12.7 Å². The SMILES string of the molecule is Cc1ccc(S(=O)(=O)N2C[C@@H]3O[C@@H]3[C@H]2COC(N)=O)cc1. The van der Waals surface area contributed by atoms with E-state index in [-0.39, 0.29) is 30.3 Å². The van der Waals surface area contributed by atoms with Gasteiger partial charge in [0.2, 0.25) is 10.0 Å². The Morgan fingerprint density at radius 2 is 2.10 bits per heavy atom. The van der Waals surface area contributed by atoms with Crippen LogP contribution < -0.4 is 5.73 Å². The van der Waals surface area contributed by atoms with Gasteiger partial charge in [0, 0.05) is 6.54 Å². The molecule has 2 fully saturated rings. The van der Waals surface area contributed by atoms with Crippen molar-refractivity contribution in [3.63, 3.8) is 0 Å². The van der Waals surface area contributed by atoms with Gasteiger partial charge in [-0.1, -0.05) is 17.7 Å². The van der Waals surface area contributed by atoms with Gasteiger partial charge < -0.3 is 15.2 Å². The van der Waals surface area contributed by atoms with E-state index in [0.717, 1.165) is 5.56 Å². The minimum absolute atomic E-state index is 0.0956. The molecule has 2 aliphatic rings. The summed E-state index contributed by atoms with van der Waals surface area (Å²) in [7, 11) is -3.63. The van der Waals surface area contributed by atoms with E-state index in [2.05, 4.69) is 0 Å². The van der Waals surface area contributed by atoms with Crippen LogP contribution in [0.4, 0.5) is 4.79 Å². The number of amides is 1. The average Bonchev–Trinajstić information content (AvgIpc) is 3.09. The van der Waals surface area contributed by atoms with Crippen molar-refractivity contribution >= 4 is 16.1 Å². The molecule has 2 aliphatic heterocycles. The second-order valence-corrected chi connectivity index (χ2v) is 7.11. The first-order valence-corrected chi connectivity index (χ1v) is 8.00. The van der Waals surface area contributed by atoms with Crippen molar-refractivity contribution in [1.82, 2.24) is 4.31 Å². The van der Waals surface area contributed by atoms with Gasteiger partial charge in [0.05, 0.1) is 17.0 Å². The van der Waals surface area contributed by atoms with Crippen molar-refractivity contribution in [2.45, 2.75) is 30.1 Å². The van der Waals surface area contributed by atoms with Crippen molar-refractivity contribution < 1.29 is 22.7 Å². The number of carbonyl (C=O) groups excluding carboxylic acids is 1. The average molecular weight is 312 g/mol. The fourth-order valence-electron chi connectivity index (χ4n) is 2.59. The number of morpholine rings is 1. The largest absolute Gasteiger partial charge is 0.448 e. The number of nitrogens with two attached hydrogens (primary N) is 1. The predicted molar refractivity (Wildman–Crippen MR) is 73.1 cm³/mol. The molecule has 0 spiro atoms. The van der Waals surface area contributed by atoms with Crippen LogP contribution >= 0.6 is 0 Å². The van der Waals surface area contributed by atoms with Gasteiger partial charge >= 0.3 is 6.09 Å². The molecule has 0 aromatic heterocycles. The summed E-state index contributed by atoms with van der Waals surface area (Å²) in [6.07, 6.45) is -1.26. The van der Waals surface area contributed by atoms with Crippen molar-refractivity contribution in [3.8, 4) is 0 Å². The van der Waals surface area contributed by atoms with Crippen molar-refractivity contribution in [2.75, 3.05) is 13.2 Å². The number of hydrogen-bond donors (Lipinski definition) is 1. The van der Waals surface area contributed by atoms with Crippen LogP contribution in [0.1, 0.15) is 5.56 Å². The van der Waals surface area contributed by atoms with E-state index in [0.29, 0.717) is 0 Å². The first-order valence-electron chi connectivity index (χ1n) is 6.56. The van der Waals surface area contributed by atoms with E-state index in [1.165, 1.54) is 4.31 Å². The molecule has 114 valence electrons. The zero-order chi connectivity index (χ0) is 15.2. The van der Waals surface area contributed by atoms with Crippen LogP contribution in [0, 0.1) is 6.92 Å². The smallest absolute Gasteiger partial charge is 0.404 e. The van der Waals surface area contributed by atoms with Gasteiger partial charge in [0.15, 0.2) is 0 Å². The number of hydrogen-bond acceptors (Lipinski definition) is 5. The first kappa shape index (κ1) is 14.3. The number of ether oxygens (including phenoxy) is 2. The monoisotopic (exact) mass is 312 g/mol. The Hall–Kier alpha value is -1.64. The van der Waals surface area contributed by atoms with E-state index in [4.69, 9.17) is 15.2 Å². The lowest BCUT2D eigenvalue weighted by Crippen LogP contribution is -2.43. The Kier molecular flexibility index (Phi) is 3.39. The molecule has 7 nitrogen and oxygen atoms in total. The van der Waals surface area contributed by atoms with E-state index < -0.39 is 22.2 Å². The lowest BCUT2D eigenvalue weighted by atomic mass is 10.2. The summed E-state index contributed by atoms with van der Waals surface area (Å²) in [6.45, 7) is 2.06. The van der Waals surface area contributed by atoms with Gasteiger partial charge in [-0.2, -0.15) is 4.31 Å². The number of carbonyl (C=O) groups is 1. The standard InChI is InChI=1S/C13H16N2O5S/c1-8-2-4-9(5-3-8)21(17,18)15-6-11-12(20-11)10(15)7-19-13(14)16/h2-5,10-12H,6-7H2,1H3,(H2,14,16)/t10-,11+,12-/m1/s1. The van der Waals surface area contributed by atoms with Crippen LogP contribution in [0.15, 0.2) is 29.2 Å². The van der Waals surface area contributed by atoms with E-state index in [1.807, 2.05) is 6.92 Å². The molecule has 2 N–H and O–H groups in total. The highest BCUT2D eigenvalue weighted by Crippen LogP contribution is 2.39. The fourth-order valence-corrected chi connectivity index (χ4v) is 4.22. The third-order valence-electron chi connectivity index (χ3n) is 3.75. The normalized spacial score (nSPS) is 28.1. The van der Waals surface area contributed by atoms with Crippen LogP contribution in [0.2, 0.25) is 0 Å². The molecule has 1 aromatic rings. The Balaban J connectivity index is 1.84. The number of fused-ring (bicyclic) bond motifs is 1. The van der Waals surface area contributed by atoms with Gasteiger partial charge in [-0.3, -0.25) is 0 Å². The summed E-state index contributed by atoms with van der Waals surface area (Å²) in [5.74, 6) is 0. The predicted octanol–water partition coefficient (Wildman–Crippen LogP) is 0.231. The lowest BCUT2D eigenvalue weighted by molar-refractivity contribution is 0.110. The number of sulfonamides is 1. The van der Waals surface area contributed by atoms with Crippen molar-refractivity contribution in [1.29, 1.82) is 0 Å². The Bertz CT molecular complexity index is 658. The summed E-state index contributed by atoms with van der Waals surface area (Å²) in [5, 5.41) is 0. The fraction of sp³-hybridized carbons (Fsp3) is 0.462. The number of nitrogens with zero attached hydrogens (tertiary/aromatic N) is 1. The molecule has 0 radical (unpaired) electrons. The van der Waals surface area contributed by atoms with Gasteiger partial charge in [0.25, 0.3) is 0 Å². The molecule has 1 aromatic carbocycles. The van der Waals surface area contributed by atoms with Gasteiger partial charge in [-0.25, -0.2) is 13.2 Å².